The highest BCUT2D eigenvalue weighted by Gasteiger charge is 2.09. The van der Waals surface area contributed by atoms with E-state index in [-0.39, 0.29) is 5.91 Å². The number of aromatic nitrogens is 2. The number of carbonyl (C=O) groups excluding carboxylic acids is 1. The van der Waals surface area contributed by atoms with Gasteiger partial charge >= 0.3 is 0 Å². The zero-order valence-corrected chi connectivity index (χ0v) is 11.3. The summed E-state index contributed by atoms with van der Waals surface area (Å²) in [6, 6.07) is 8.64. The van der Waals surface area contributed by atoms with Crippen molar-refractivity contribution in [2.24, 2.45) is 0 Å². The molecule has 98 valence electrons. The van der Waals surface area contributed by atoms with Gasteiger partial charge in [-0.1, -0.05) is 31.0 Å². The standard InChI is InChI=1S/C14H14ClN3O/c1-2-5-11-8-10(9-12(15)17-11)14(19)18-13-6-3-4-7-16-13/h3-4,6-9H,2,5H2,1H3,(H,16,18,19). The smallest absolute Gasteiger partial charge is 0.256 e. The van der Waals surface area contributed by atoms with Crippen molar-refractivity contribution in [3.05, 3.63) is 52.9 Å². The van der Waals surface area contributed by atoms with Gasteiger partial charge in [-0.3, -0.25) is 4.79 Å². The number of aryl methyl sites for hydroxylation is 1. The molecule has 0 aliphatic carbocycles. The summed E-state index contributed by atoms with van der Waals surface area (Å²) >= 11 is 5.93. The fourth-order valence-corrected chi connectivity index (χ4v) is 1.92. The lowest BCUT2D eigenvalue weighted by atomic mass is 10.1. The molecule has 4 nitrogen and oxygen atoms in total. The van der Waals surface area contributed by atoms with E-state index in [4.69, 9.17) is 11.6 Å². The number of anilines is 1. The minimum Gasteiger partial charge on any atom is -0.307 e. The van der Waals surface area contributed by atoms with Crippen molar-refractivity contribution in [2.45, 2.75) is 19.8 Å². The Kier molecular flexibility index (Phi) is 4.47. The summed E-state index contributed by atoms with van der Waals surface area (Å²) in [6.07, 6.45) is 3.37. The third-order valence-electron chi connectivity index (χ3n) is 2.52. The van der Waals surface area contributed by atoms with Crippen LogP contribution in [0.25, 0.3) is 0 Å². The van der Waals surface area contributed by atoms with Gasteiger partial charge in [-0.15, -0.1) is 0 Å². The molecule has 5 heteroatoms. The number of carbonyl (C=O) groups is 1. The van der Waals surface area contributed by atoms with Crippen molar-refractivity contribution in [3.63, 3.8) is 0 Å². The van der Waals surface area contributed by atoms with Gasteiger partial charge in [0.25, 0.3) is 5.91 Å². The van der Waals surface area contributed by atoms with E-state index in [2.05, 4.69) is 22.2 Å². The zero-order valence-electron chi connectivity index (χ0n) is 10.6. The van der Waals surface area contributed by atoms with Crippen LogP contribution in [0.1, 0.15) is 29.4 Å². The van der Waals surface area contributed by atoms with Gasteiger partial charge < -0.3 is 5.32 Å². The number of hydrogen-bond acceptors (Lipinski definition) is 3. The molecule has 0 saturated carbocycles. The van der Waals surface area contributed by atoms with Crippen LogP contribution in [0.5, 0.6) is 0 Å². The molecule has 2 heterocycles. The Balaban J connectivity index is 2.19. The van der Waals surface area contributed by atoms with Gasteiger partial charge in [0.1, 0.15) is 11.0 Å². The predicted molar refractivity (Wildman–Crippen MR) is 75.4 cm³/mol. The molecule has 0 bridgehead atoms. The van der Waals surface area contributed by atoms with Crippen LogP contribution in [0.4, 0.5) is 5.82 Å². The summed E-state index contributed by atoms with van der Waals surface area (Å²) in [5.41, 5.74) is 1.32. The second kappa shape index (κ2) is 6.29. The van der Waals surface area contributed by atoms with Crippen LogP contribution < -0.4 is 5.32 Å². The first kappa shape index (κ1) is 13.5. The summed E-state index contributed by atoms with van der Waals surface area (Å²) < 4.78 is 0. The van der Waals surface area contributed by atoms with E-state index < -0.39 is 0 Å². The molecule has 1 amide bonds. The number of nitrogens with one attached hydrogen (secondary N) is 1. The summed E-state index contributed by atoms with van der Waals surface area (Å²) in [5, 5.41) is 3.05. The lowest BCUT2D eigenvalue weighted by Gasteiger charge is -2.06. The summed E-state index contributed by atoms with van der Waals surface area (Å²) in [7, 11) is 0. The first-order valence-electron chi connectivity index (χ1n) is 6.08. The van der Waals surface area contributed by atoms with Crippen molar-refractivity contribution >= 4 is 23.3 Å². The molecule has 0 spiro atoms. The predicted octanol–water partition coefficient (Wildman–Crippen LogP) is 3.33. The van der Waals surface area contributed by atoms with Gasteiger partial charge in [0.15, 0.2) is 0 Å². The normalized spacial score (nSPS) is 10.2. The van der Waals surface area contributed by atoms with Crippen LogP contribution in [0.3, 0.4) is 0 Å². The third-order valence-corrected chi connectivity index (χ3v) is 2.72. The van der Waals surface area contributed by atoms with Crippen LogP contribution in [-0.4, -0.2) is 15.9 Å². The van der Waals surface area contributed by atoms with Gasteiger partial charge in [-0.2, -0.15) is 0 Å². The van der Waals surface area contributed by atoms with E-state index in [1.54, 1.807) is 30.5 Å². The van der Waals surface area contributed by atoms with Crippen LogP contribution in [0.15, 0.2) is 36.5 Å². The number of amides is 1. The minimum atomic E-state index is -0.236. The summed E-state index contributed by atoms with van der Waals surface area (Å²) in [5.74, 6) is 0.276. The van der Waals surface area contributed by atoms with Gasteiger partial charge in [-0.05, 0) is 30.7 Å². The number of rotatable bonds is 4. The highest BCUT2D eigenvalue weighted by molar-refractivity contribution is 6.29. The highest BCUT2D eigenvalue weighted by Crippen LogP contribution is 2.14. The van der Waals surface area contributed by atoms with Crippen LogP contribution >= 0.6 is 11.6 Å². The van der Waals surface area contributed by atoms with Crippen molar-refractivity contribution in [1.29, 1.82) is 0 Å². The van der Waals surface area contributed by atoms with Gasteiger partial charge in [0, 0.05) is 17.5 Å². The van der Waals surface area contributed by atoms with Crippen LogP contribution in [-0.2, 0) is 6.42 Å². The first-order chi connectivity index (χ1) is 9.19. The number of nitrogens with zero attached hydrogens (tertiary/aromatic N) is 2. The molecule has 0 aliphatic rings. The molecule has 1 N–H and O–H groups in total. The molecule has 2 aromatic rings. The molecule has 0 atom stereocenters. The minimum absolute atomic E-state index is 0.236. The Morgan fingerprint density at radius 1 is 1.37 bits per heavy atom. The Labute approximate surface area is 116 Å². The molecule has 0 saturated heterocycles. The summed E-state index contributed by atoms with van der Waals surface area (Å²) in [6.45, 7) is 2.05. The SMILES string of the molecule is CCCc1cc(C(=O)Nc2ccccn2)cc(Cl)n1. The van der Waals surface area contributed by atoms with Gasteiger partial charge in [0.2, 0.25) is 0 Å². The average molecular weight is 276 g/mol. The molecule has 0 aliphatic heterocycles. The second-order valence-corrected chi connectivity index (χ2v) is 4.48. The molecule has 2 aromatic heterocycles. The van der Waals surface area contributed by atoms with Gasteiger partial charge in [-0.25, -0.2) is 9.97 Å². The van der Waals surface area contributed by atoms with Crippen molar-refractivity contribution < 1.29 is 4.79 Å². The fourth-order valence-electron chi connectivity index (χ4n) is 1.69. The van der Waals surface area contributed by atoms with E-state index in [1.165, 1.54) is 0 Å². The summed E-state index contributed by atoms with van der Waals surface area (Å²) in [4.78, 5) is 20.3. The molecule has 0 radical (unpaired) electrons. The Bertz CT molecular complexity index is 572. The second-order valence-electron chi connectivity index (χ2n) is 4.09. The molecule has 2 rings (SSSR count). The zero-order chi connectivity index (χ0) is 13.7. The van der Waals surface area contributed by atoms with E-state index in [9.17, 15) is 4.79 Å². The molecule has 19 heavy (non-hydrogen) atoms. The number of halogens is 1. The van der Waals surface area contributed by atoms with Crippen LogP contribution in [0.2, 0.25) is 5.15 Å². The van der Waals surface area contributed by atoms with E-state index in [0.717, 1.165) is 18.5 Å². The van der Waals surface area contributed by atoms with E-state index >= 15 is 0 Å². The van der Waals surface area contributed by atoms with Gasteiger partial charge in [0.05, 0.1) is 0 Å². The fraction of sp³-hybridized carbons (Fsp3) is 0.214. The maximum atomic E-state index is 12.1. The molecular formula is C14H14ClN3O. The molecule has 0 fully saturated rings. The Hall–Kier alpha value is -1.94. The molecular weight excluding hydrogens is 262 g/mol. The first-order valence-corrected chi connectivity index (χ1v) is 6.45. The van der Waals surface area contributed by atoms with E-state index in [1.807, 2.05) is 6.07 Å². The van der Waals surface area contributed by atoms with Crippen molar-refractivity contribution in [1.82, 2.24) is 9.97 Å². The maximum absolute atomic E-state index is 12.1. The monoisotopic (exact) mass is 275 g/mol. The lowest BCUT2D eigenvalue weighted by Crippen LogP contribution is -2.13. The quantitative estimate of drug-likeness (QED) is 0.871. The Morgan fingerprint density at radius 2 is 2.21 bits per heavy atom. The van der Waals surface area contributed by atoms with Crippen molar-refractivity contribution in [3.8, 4) is 0 Å². The Morgan fingerprint density at radius 3 is 2.89 bits per heavy atom. The highest BCUT2D eigenvalue weighted by atomic mass is 35.5. The maximum Gasteiger partial charge on any atom is 0.256 e. The third kappa shape index (κ3) is 3.76. The average Bonchev–Trinajstić information content (AvgIpc) is 2.39. The van der Waals surface area contributed by atoms with E-state index in [0.29, 0.717) is 16.5 Å². The number of hydrogen-bond donors (Lipinski definition) is 1. The topological polar surface area (TPSA) is 54.9 Å². The largest absolute Gasteiger partial charge is 0.307 e. The lowest BCUT2D eigenvalue weighted by molar-refractivity contribution is 0.102. The molecule has 0 unspecified atom stereocenters. The number of pyridine rings is 2. The van der Waals surface area contributed by atoms with Crippen LogP contribution in [0, 0.1) is 0 Å². The van der Waals surface area contributed by atoms with Crippen molar-refractivity contribution in [2.75, 3.05) is 5.32 Å². The molecule has 0 aromatic carbocycles.